The number of carboxylic acid groups (broad SMARTS) is 1. The maximum atomic E-state index is 15.3. The predicted octanol–water partition coefficient (Wildman–Crippen LogP) is 2.98. The quantitative estimate of drug-likeness (QED) is 0.420. The Morgan fingerprint density at radius 2 is 1.51 bits per heavy atom. The lowest BCUT2D eigenvalue weighted by Gasteiger charge is -2.34. The predicted molar refractivity (Wildman–Crippen MR) is 138 cm³/mol. The Bertz CT molecular complexity index is 1140. The zero-order valence-electron chi connectivity index (χ0n) is 21.9. The first-order valence-corrected chi connectivity index (χ1v) is 12.7. The van der Waals surface area contributed by atoms with E-state index in [9.17, 15) is 24.3 Å². The molecule has 0 radical (unpaired) electrons. The second kappa shape index (κ2) is 13.3. The molecule has 0 spiro atoms. The smallest absolute Gasteiger partial charge is 0.408 e. The lowest BCUT2D eigenvalue weighted by atomic mass is 9.95. The Morgan fingerprint density at radius 1 is 0.974 bits per heavy atom. The van der Waals surface area contributed by atoms with Gasteiger partial charge in [0.15, 0.2) is 0 Å². The molecule has 39 heavy (non-hydrogen) atoms. The minimum Gasteiger partial charge on any atom is -0.465 e. The molecule has 2 aromatic rings. The van der Waals surface area contributed by atoms with E-state index in [1.54, 1.807) is 74.5 Å². The van der Waals surface area contributed by atoms with Crippen molar-refractivity contribution in [1.29, 1.82) is 0 Å². The Morgan fingerprint density at radius 3 is 2.03 bits per heavy atom. The van der Waals surface area contributed by atoms with E-state index in [0.717, 1.165) is 9.80 Å². The number of amides is 3. The number of carbonyl (C=O) groups excluding carboxylic acids is 3. The summed E-state index contributed by atoms with van der Waals surface area (Å²) in [5, 5.41) is 12.3. The zero-order chi connectivity index (χ0) is 28.6. The lowest BCUT2D eigenvalue weighted by molar-refractivity contribution is -0.170. The molecule has 3 amide bonds. The van der Waals surface area contributed by atoms with Gasteiger partial charge in [-0.25, -0.2) is 4.79 Å². The van der Waals surface area contributed by atoms with Crippen LogP contribution in [0.5, 0.6) is 0 Å². The molecular weight excluding hydrogens is 512 g/mol. The molecule has 11 heteroatoms. The third-order valence-electron chi connectivity index (χ3n) is 6.47. The van der Waals surface area contributed by atoms with Crippen molar-refractivity contribution in [2.75, 3.05) is 26.3 Å². The van der Waals surface area contributed by atoms with Gasteiger partial charge in [-0.2, -0.15) is 8.78 Å². The van der Waals surface area contributed by atoms with E-state index in [1.807, 2.05) is 0 Å². The van der Waals surface area contributed by atoms with Crippen molar-refractivity contribution >= 4 is 23.7 Å². The molecule has 0 aromatic heterocycles. The molecule has 1 fully saturated rings. The molecule has 2 atom stereocenters. The van der Waals surface area contributed by atoms with Crippen LogP contribution in [0.3, 0.4) is 0 Å². The number of nitrogens with zero attached hydrogens (tertiary/aromatic N) is 2. The van der Waals surface area contributed by atoms with Crippen LogP contribution in [0.4, 0.5) is 13.6 Å². The number of morpholine rings is 1. The van der Waals surface area contributed by atoms with Crippen LogP contribution in [-0.4, -0.2) is 82.9 Å². The standard InChI is InChI=1S/C28H33F2N3O6/c1-19(2)23(33(27(37)38)18-21-11-7-4-8-12-21)25(35)31-22(17-20-9-5-3-6-10-20)24(34)28(29,30)26(36)32-13-15-39-16-14-32/h3-12,19,22-23H,13-18H2,1-2H3,(H,31,35)(H,37,38)/t22-,23-/m0/s1. The van der Waals surface area contributed by atoms with Crippen LogP contribution in [0.1, 0.15) is 25.0 Å². The third-order valence-corrected chi connectivity index (χ3v) is 6.47. The highest BCUT2D eigenvalue weighted by Crippen LogP contribution is 2.24. The summed E-state index contributed by atoms with van der Waals surface area (Å²) < 4.78 is 35.7. The largest absolute Gasteiger partial charge is 0.465 e. The van der Waals surface area contributed by atoms with Gasteiger partial charge in [0.25, 0.3) is 0 Å². The van der Waals surface area contributed by atoms with Gasteiger partial charge in [0.2, 0.25) is 11.7 Å². The molecule has 0 aliphatic carbocycles. The molecule has 0 unspecified atom stereocenters. The molecule has 1 saturated heterocycles. The number of carbonyl (C=O) groups is 4. The summed E-state index contributed by atoms with van der Waals surface area (Å²) in [6, 6.07) is 13.8. The van der Waals surface area contributed by atoms with Gasteiger partial charge in [-0.15, -0.1) is 0 Å². The van der Waals surface area contributed by atoms with Gasteiger partial charge in [-0.3, -0.25) is 19.3 Å². The Hall–Kier alpha value is -3.86. The van der Waals surface area contributed by atoms with E-state index in [4.69, 9.17) is 4.74 Å². The molecule has 3 rings (SSSR count). The third kappa shape index (κ3) is 7.60. The van der Waals surface area contributed by atoms with Gasteiger partial charge in [0, 0.05) is 26.1 Å². The van der Waals surface area contributed by atoms with Crippen molar-refractivity contribution in [2.24, 2.45) is 5.92 Å². The fourth-order valence-electron chi connectivity index (χ4n) is 4.47. The zero-order valence-corrected chi connectivity index (χ0v) is 21.9. The summed E-state index contributed by atoms with van der Waals surface area (Å²) in [4.78, 5) is 53.3. The number of benzene rings is 2. The van der Waals surface area contributed by atoms with Gasteiger partial charge >= 0.3 is 17.9 Å². The van der Waals surface area contributed by atoms with Gasteiger partial charge < -0.3 is 20.1 Å². The highest BCUT2D eigenvalue weighted by atomic mass is 19.3. The van der Waals surface area contributed by atoms with Crippen molar-refractivity contribution in [3.63, 3.8) is 0 Å². The molecule has 0 saturated carbocycles. The van der Waals surface area contributed by atoms with E-state index < -0.39 is 47.6 Å². The van der Waals surface area contributed by atoms with Gasteiger partial charge in [0.05, 0.1) is 19.3 Å². The van der Waals surface area contributed by atoms with Gasteiger partial charge in [0.1, 0.15) is 6.04 Å². The first-order chi connectivity index (χ1) is 18.5. The molecule has 0 bridgehead atoms. The fourth-order valence-corrected chi connectivity index (χ4v) is 4.47. The number of ether oxygens (including phenoxy) is 1. The Kier molecular flexibility index (Phi) is 10.1. The summed E-state index contributed by atoms with van der Waals surface area (Å²) in [5.74, 6) is -9.29. The number of halogens is 2. The molecule has 210 valence electrons. The molecular formula is C28H33F2N3O6. The molecule has 2 N–H and O–H groups in total. The monoisotopic (exact) mass is 545 g/mol. The Balaban J connectivity index is 1.89. The first kappa shape index (κ1) is 29.7. The Labute approximate surface area is 225 Å². The second-order valence-electron chi connectivity index (χ2n) is 9.68. The van der Waals surface area contributed by atoms with Crippen molar-refractivity contribution in [2.45, 2.75) is 44.8 Å². The lowest BCUT2D eigenvalue weighted by Crippen LogP contribution is -2.60. The highest BCUT2D eigenvalue weighted by molar-refractivity contribution is 6.10. The maximum absolute atomic E-state index is 15.3. The van der Waals surface area contributed by atoms with E-state index in [-0.39, 0.29) is 39.3 Å². The van der Waals surface area contributed by atoms with Gasteiger partial charge in [-0.1, -0.05) is 74.5 Å². The number of rotatable bonds is 11. The normalized spacial score (nSPS) is 15.4. The van der Waals surface area contributed by atoms with Crippen LogP contribution < -0.4 is 5.32 Å². The summed E-state index contributed by atoms with van der Waals surface area (Å²) in [6.07, 6.45) is -1.69. The number of alkyl halides is 2. The van der Waals surface area contributed by atoms with E-state index in [2.05, 4.69) is 5.32 Å². The number of Topliss-reactive ketones (excluding diaryl/α,β-unsaturated/α-hetero) is 1. The van der Waals surface area contributed by atoms with Crippen molar-refractivity contribution in [3.8, 4) is 0 Å². The number of hydrogen-bond acceptors (Lipinski definition) is 5. The van der Waals surface area contributed by atoms with E-state index >= 15 is 8.78 Å². The maximum Gasteiger partial charge on any atom is 0.408 e. The summed E-state index contributed by atoms with van der Waals surface area (Å²) in [6.45, 7) is 3.09. The van der Waals surface area contributed by atoms with Gasteiger partial charge in [-0.05, 0) is 17.0 Å². The topological polar surface area (TPSA) is 116 Å². The van der Waals surface area contributed by atoms with Crippen molar-refractivity contribution in [1.82, 2.24) is 15.1 Å². The van der Waals surface area contributed by atoms with Crippen LogP contribution in [0.2, 0.25) is 0 Å². The minimum absolute atomic E-state index is 0.0721. The van der Waals surface area contributed by atoms with Crippen molar-refractivity contribution < 1.29 is 37.8 Å². The van der Waals surface area contributed by atoms with E-state index in [0.29, 0.717) is 11.1 Å². The fraction of sp³-hybridized carbons (Fsp3) is 0.429. The van der Waals surface area contributed by atoms with Crippen LogP contribution in [-0.2, 0) is 32.1 Å². The van der Waals surface area contributed by atoms with Crippen LogP contribution in [0, 0.1) is 5.92 Å². The number of hydrogen-bond donors (Lipinski definition) is 2. The average molecular weight is 546 g/mol. The average Bonchev–Trinajstić information content (AvgIpc) is 2.92. The molecule has 2 aromatic carbocycles. The van der Waals surface area contributed by atoms with Crippen LogP contribution in [0.15, 0.2) is 60.7 Å². The summed E-state index contributed by atoms with van der Waals surface area (Å²) in [5.41, 5.74) is 1.10. The van der Waals surface area contributed by atoms with E-state index in [1.165, 1.54) is 0 Å². The number of ketones is 1. The summed E-state index contributed by atoms with van der Waals surface area (Å²) in [7, 11) is 0. The molecule has 1 aliphatic rings. The molecule has 1 heterocycles. The summed E-state index contributed by atoms with van der Waals surface area (Å²) >= 11 is 0. The van der Waals surface area contributed by atoms with Crippen molar-refractivity contribution in [3.05, 3.63) is 71.8 Å². The first-order valence-electron chi connectivity index (χ1n) is 12.7. The number of nitrogens with one attached hydrogen (secondary N) is 1. The molecule has 1 aliphatic heterocycles. The highest BCUT2D eigenvalue weighted by Gasteiger charge is 2.53. The van der Waals surface area contributed by atoms with Crippen LogP contribution >= 0.6 is 0 Å². The minimum atomic E-state index is -4.41. The second-order valence-corrected chi connectivity index (χ2v) is 9.68. The van der Waals surface area contributed by atoms with Crippen LogP contribution in [0.25, 0.3) is 0 Å². The molecule has 9 nitrogen and oxygen atoms in total. The SMILES string of the molecule is CC(C)[C@@H](C(=O)N[C@@H](Cc1ccccc1)C(=O)C(F)(F)C(=O)N1CCOCC1)N(Cc1ccccc1)C(=O)O.